The Balaban J connectivity index is 1.49. The Morgan fingerprint density at radius 2 is 1.71 bits per heavy atom. The summed E-state index contributed by atoms with van der Waals surface area (Å²) in [7, 11) is 1.63. The molecule has 5 aromatic rings. The van der Waals surface area contributed by atoms with Crippen LogP contribution in [0.2, 0.25) is 0 Å². The molecule has 0 aliphatic rings. The average Bonchev–Trinajstić information content (AvgIpc) is 3.31. The fourth-order valence-corrected chi connectivity index (χ4v) is 4.70. The van der Waals surface area contributed by atoms with Crippen LogP contribution in [0.5, 0.6) is 5.75 Å². The molecule has 2 heterocycles. The summed E-state index contributed by atoms with van der Waals surface area (Å²) in [6.07, 6.45) is 0. The monoisotopic (exact) mass is 465 g/mol. The molecule has 168 valence electrons. The van der Waals surface area contributed by atoms with Crippen LogP contribution in [0.1, 0.15) is 21.5 Å². The van der Waals surface area contributed by atoms with Crippen LogP contribution >= 0.6 is 11.3 Å². The number of rotatable bonds is 5. The first-order valence-corrected chi connectivity index (χ1v) is 11.8. The second-order valence-corrected chi connectivity index (χ2v) is 8.97. The maximum Gasteiger partial charge on any atom is 0.258 e. The number of amides is 1. The third kappa shape index (κ3) is 4.28. The van der Waals surface area contributed by atoms with Crippen molar-refractivity contribution in [3.63, 3.8) is 0 Å². The Hall–Kier alpha value is -4.03. The van der Waals surface area contributed by atoms with E-state index >= 15 is 0 Å². The molecule has 0 atom stereocenters. The number of fused-ring (bicyclic) bond motifs is 1. The van der Waals surface area contributed by atoms with Gasteiger partial charge in [0.05, 0.1) is 29.6 Å². The fraction of sp³-hybridized carbons (Fsp3) is 0.107. The third-order valence-electron chi connectivity index (χ3n) is 5.73. The summed E-state index contributed by atoms with van der Waals surface area (Å²) in [5, 5.41) is 6.32. The van der Waals surface area contributed by atoms with Crippen LogP contribution in [0.4, 0.5) is 5.13 Å². The second-order valence-electron chi connectivity index (χ2n) is 8.11. The number of hydrogen-bond acceptors (Lipinski definition) is 5. The van der Waals surface area contributed by atoms with Crippen molar-refractivity contribution in [2.75, 3.05) is 12.4 Å². The standard InChI is InChI=1S/C28H23N3O2S/c1-17-8-13-21(18(2)14-17)26-16-34-28(30-26)31-27(32)23-15-25(19-9-11-20(33-3)12-10-19)29-24-7-5-4-6-22(23)24/h4-16H,1-3H3,(H,30,31,32). The van der Waals surface area contributed by atoms with Crippen molar-refractivity contribution in [1.82, 2.24) is 9.97 Å². The predicted octanol–water partition coefficient (Wildman–Crippen LogP) is 6.90. The molecule has 5 rings (SSSR count). The van der Waals surface area contributed by atoms with E-state index in [4.69, 9.17) is 9.72 Å². The molecule has 0 fully saturated rings. The van der Waals surface area contributed by atoms with Crippen molar-refractivity contribution in [3.05, 3.63) is 94.9 Å². The highest BCUT2D eigenvalue weighted by Gasteiger charge is 2.16. The summed E-state index contributed by atoms with van der Waals surface area (Å²) in [5.74, 6) is 0.556. The van der Waals surface area contributed by atoms with Crippen LogP contribution in [-0.4, -0.2) is 23.0 Å². The van der Waals surface area contributed by atoms with E-state index in [1.165, 1.54) is 16.9 Å². The van der Waals surface area contributed by atoms with Gasteiger partial charge in [0.1, 0.15) is 5.75 Å². The Morgan fingerprint density at radius 3 is 2.47 bits per heavy atom. The van der Waals surface area contributed by atoms with Gasteiger partial charge in [-0.15, -0.1) is 11.3 Å². The lowest BCUT2D eigenvalue weighted by Crippen LogP contribution is -2.13. The smallest absolute Gasteiger partial charge is 0.258 e. The van der Waals surface area contributed by atoms with E-state index in [1.807, 2.05) is 60.0 Å². The van der Waals surface area contributed by atoms with Gasteiger partial charge in [0, 0.05) is 21.9 Å². The van der Waals surface area contributed by atoms with E-state index in [2.05, 4.69) is 42.3 Å². The van der Waals surface area contributed by atoms with Crippen molar-refractivity contribution < 1.29 is 9.53 Å². The molecule has 0 aliphatic carbocycles. The van der Waals surface area contributed by atoms with Crippen LogP contribution in [0.3, 0.4) is 0 Å². The van der Waals surface area contributed by atoms with Gasteiger partial charge in [-0.1, -0.05) is 42.0 Å². The second kappa shape index (κ2) is 9.08. The summed E-state index contributed by atoms with van der Waals surface area (Å²) < 4.78 is 5.26. The van der Waals surface area contributed by atoms with Gasteiger partial charge in [-0.3, -0.25) is 10.1 Å². The lowest BCUT2D eigenvalue weighted by atomic mass is 10.0. The molecular weight excluding hydrogens is 442 g/mol. The zero-order valence-corrected chi connectivity index (χ0v) is 19.9. The fourth-order valence-electron chi connectivity index (χ4n) is 3.99. The first-order valence-electron chi connectivity index (χ1n) is 10.9. The average molecular weight is 466 g/mol. The normalized spacial score (nSPS) is 10.9. The van der Waals surface area contributed by atoms with Crippen LogP contribution in [0.15, 0.2) is 78.2 Å². The number of anilines is 1. The number of benzene rings is 3. The van der Waals surface area contributed by atoms with Gasteiger partial charge in [0.25, 0.3) is 5.91 Å². The zero-order valence-electron chi connectivity index (χ0n) is 19.1. The number of thiazole rings is 1. The molecule has 0 saturated heterocycles. The quantitative estimate of drug-likeness (QED) is 0.306. The molecule has 34 heavy (non-hydrogen) atoms. The number of pyridine rings is 1. The highest BCUT2D eigenvalue weighted by atomic mass is 32.1. The minimum Gasteiger partial charge on any atom is -0.497 e. The number of nitrogens with one attached hydrogen (secondary N) is 1. The Labute approximate surface area is 202 Å². The van der Waals surface area contributed by atoms with Crippen LogP contribution in [0, 0.1) is 13.8 Å². The molecule has 3 aromatic carbocycles. The molecule has 0 aliphatic heterocycles. The minimum absolute atomic E-state index is 0.213. The van der Waals surface area contributed by atoms with E-state index in [0.29, 0.717) is 10.7 Å². The highest BCUT2D eigenvalue weighted by Crippen LogP contribution is 2.30. The number of ether oxygens (including phenoxy) is 1. The van der Waals surface area contributed by atoms with Gasteiger partial charge in [-0.25, -0.2) is 9.97 Å². The number of carbonyl (C=O) groups is 1. The molecule has 1 amide bonds. The third-order valence-corrected chi connectivity index (χ3v) is 6.49. The number of hydrogen-bond donors (Lipinski definition) is 1. The molecular formula is C28H23N3O2S. The predicted molar refractivity (Wildman–Crippen MR) is 139 cm³/mol. The Kier molecular flexibility index (Phi) is 5.82. The number of carbonyl (C=O) groups excluding carboxylic acids is 1. The van der Waals surface area contributed by atoms with Crippen molar-refractivity contribution in [2.24, 2.45) is 0 Å². The van der Waals surface area contributed by atoms with Crippen molar-refractivity contribution in [2.45, 2.75) is 13.8 Å². The molecule has 0 spiro atoms. The summed E-state index contributed by atoms with van der Waals surface area (Å²) in [6.45, 7) is 4.15. The van der Waals surface area contributed by atoms with E-state index in [-0.39, 0.29) is 5.91 Å². The molecule has 0 unspecified atom stereocenters. The largest absolute Gasteiger partial charge is 0.497 e. The van der Waals surface area contributed by atoms with E-state index in [0.717, 1.165) is 44.7 Å². The first-order chi connectivity index (χ1) is 16.5. The molecule has 5 nitrogen and oxygen atoms in total. The topological polar surface area (TPSA) is 64.1 Å². The van der Waals surface area contributed by atoms with Crippen LogP contribution < -0.4 is 10.1 Å². The van der Waals surface area contributed by atoms with Gasteiger partial charge in [-0.05, 0) is 55.8 Å². The summed E-state index contributed by atoms with van der Waals surface area (Å²) in [6, 6.07) is 23.4. The number of nitrogens with zero attached hydrogens (tertiary/aromatic N) is 2. The van der Waals surface area contributed by atoms with Gasteiger partial charge < -0.3 is 4.74 Å². The van der Waals surface area contributed by atoms with Crippen LogP contribution in [-0.2, 0) is 0 Å². The van der Waals surface area contributed by atoms with Gasteiger partial charge in [0.15, 0.2) is 5.13 Å². The maximum absolute atomic E-state index is 13.4. The van der Waals surface area contributed by atoms with E-state index in [9.17, 15) is 4.79 Å². The van der Waals surface area contributed by atoms with Crippen molar-refractivity contribution in [3.8, 4) is 28.3 Å². The van der Waals surface area contributed by atoms with Crippen LogP contribution in [0.25, 0.3) is 33.4 Å². The molecule has 1 N–H and O–H groups in total. The summed E-state index contributed by atoms with van der Waals surface area (Å²) >= 11 is 1.42. The minimum atomic E-state index is -0.213. The van der Waals surface area contributed by atoms with Gasteiger partial charge in [-0.2, -0.15) is 0 Å². The lowest BCUT2D eigenvalue weighted by Gasteiger charge is -2.10. The summed E-state index contributed by atoms with van der Waals surface area (Å²) in [4.78, 5) is 22.8. The lowest BCUT2D eigenvalue weighted by molar-refractivity contribution is 0.102. The number of para-hydroxylation sites is 1. The van der Waals surface area contributed by atoms with E-state index < -0.39 is 0 Å². The maximum atomic E-state index is 13.4. The number of aromatic nitrogens is 2. The van der Waals surface area contributed by atoms with Gasteiger partial charge >= 0.3 is 0 Å². The van der Waals surface area contributed by atoms with Crippen molar-refractivity contribution >= 4 is 33.3 Å². The zero-order chi connectivity index (χ0) is 23.7. The van der Waals surface area contributed by atoms with E-state index in [1.54, 1.807) is 7.11 Å². The Bertz CT molecular complexity index is 1510. The molecule has 0 radical (unpaired) electrons. The number of methoxy groups -OCH3 is 1. The highest BCUT2D eigenvalue weighted by molar-refractivity contribution is 7.14. The summed E-state index contributed by atoms with van der Waals surface area (Å²) in [5.41, 5.74) is 7.24. The first kappa shape index (κ1) is 21.8. The van der Waals surface area contributed by atoms with Crippen molar-refractivity contribution in [1.29, 1.82) is 0 Å². The molecule has 2 aromatic heterocycles. The van der Waals surface area contributed by atoms with Gasteiger partial charge in [0.2, 0.25) is 0 Å². The molecule has 0 saturated carbocycles. The SMILES string of the molecule is COc1ccc(-c2cc(C(=O)Nc3nc(-c4ccc(C)cc4C)cs3)c3ccccc3n2)cc1. The molecule has 0 bridgehead atoms. The number of aryl methyl sites for hydroxylation is 2. The molecule has 6 heteroatoms. The Morgan fingerprint density at radius 1 is 0.912 bits per heavy atom.